The molecule has 0 aromatic rings. The van der Waals surface area contributed by atoms with Crippen LogP contribution in [-0.4, -0.2) is 73.4 Å². The van der Waals surface area contributed by atoms with Gasteiger partial charge in [0.15, 0.2) is 0 Å². The fraction of sp³-hybridized carbons (Fsp3) is 0.986. The van der Waals surface area contributed by atoms with Gasteiger partial charge < -0.3 is 19.8 Å². The zero-order valence-electron chi connectivity index (χ0n) is 55.1. The van der Waals surface area contributed by atoms with Crippen molar-refractivity contribution in [2.45, 2.75) is 411 Å². The minimum Gasteiger partial charge on any atom is -0.391 e. The molecular formula is C71H146N2O6P+. The highest BCUT2D eigenvalue weighted by Crippen LogP contribution is 2.43. The molecule has 480 valence electrons. The first-order valence-corrected chi connectivity index (χ1v) is 37.9. The van der Waals surface area contributed by atoms with Gasteiger partial charge in [-0.15, -0.1) is 0 Å². The van der Waals surface area contributed by atoms with Crippen molar-refractivity contribution in [1.29, 1.82) is 0 Å². The SMILES string of the molecule is CCCCCCCCCCCCCCCCCCCCCCCCCCCCCCCCC(O)C(COP(=O)(O)OCC[N+](C)(C)C)NC(=O)CCCCCCCCCCCCCCCCCCCCCCCCCCCCCC. The molecule has 3 unspecified atom stereocenters. The maximum Gasteiger partial charge on any atom is 0.472 e. The van der Waals surface area contributed by atoms with Crippen LogP contribution in [0.15, 0.2) is 0 Å². The number of hydrogen-bond acceptors (Lipinski definition) is 5. The average molecular weight is 1150 g/mol. The van der Waals surface area contributed by atoms with Crippen LogP contribution in [0.5, 0.6) is 0 Å². The number of aliphatic hydroxyl groups is 1. The molecule has 0 bridgehead atoms. The summed E-state index contributed by atoms with van der Waals surface area (Å²) in [5.41, 5.74) is 0. The first-order chi connectivity index (χ1) is 39.0. The number of hydrogen-bond donors (Lipinski definition) is 3. The number of nitrogens with zero attached hydrogens (tertiary/aromatic N) is 1. The van der Waals surface area contributed by atoms with Crippen molar-refractivity contribution in [3.05, 3.63) is 0 Å². The lowest BCUT2D eigenvalue weighted by Crippen LogP contribution is -2.46. The molecule has 1 amide bonds. The smallest absolute Gasteiger partial charge is 0.391 e. The zero-order valence-corrected chi connectivity index (χ0v) is 56.0. The molecule has 3 atom stereocenters. The Bertz CT molecular complexity index is 1260. The summed E-state index contributed by atoms with van der Waals surface area (Å²) in [5.74, 6) is -0.132. The van der Waals surface area contributed by atoms with Crippen molar-refractivity contribution in [3.63, 3.8) is 0 Å². The summed E-state index contributed by atoms with van der Waals surface area (Å²) in [5, 5.41) is 14.2. The van der Waals surface area contributed by atoms with Gasteiger partial charge in [0.1, 0.15) is 13.2 Å². The molecule has 0 heterocycles. The molecule has 0 aromatic carbocycles. The van der Waals surface area contributed by atoms with E-state index in [2.05, 4.69) is 19.2 Å². The van der Waals surface area contributed by atoms with E-state index in [0.29, 0.717) is 23.9 Å². The van der Waals surface area contributed by atoms with E-state index < -0.39 is 20.0 Å². The van der Waals surface area contributed by atoms with Crippen molar-refractivity contribution in [3.8, 4) is 0 Å². The van der Waals surface area contributed by atoms with E-state index in [1.165, 1.54) is 334 Å². The molecule has 0 spiro atoms. The second-order valence-corrected chi connectivity index (χ2v) is 28.1. The fourth-order valence-electron chi connectivity index (χ4n) is 11.7. The highest BCUT2D eigenvalue weighted by Gasteiger charge is 2.28. The first kappa shape index (κ1) is 79.5. The number of nitrogens with one attached hydrogen (secondary N) is 1. The van der Waals surface area contributed by atoms with Crippen LogP contribution in [0.25, 0.3) is 0 Å². The van der Waals surface area contributed by atoms with Gasteiger partial charge in [-0.2, -0.15) is 0 Å². The number of phosphoric ester groups is 1. The van der Waals surface area contributed by atoms with Crippen LogP contribution in [0.3, 0.4) is 0 Å². The zero-order chi connectivity index (χ0) is 58.4. The summed E-state index contributed by atoms with van der Waals surface area (Å²) in [6, 6.07) is -0.757. The van der Waals surface area contributed by atoms with Gasteiger partial charge in [0, 0.05) is 6.42 Å². The summed E-state index contributed by atoms with van der Waals surface area (Å²) < 4.78 is 23.9. The van der Waals surface area contributed by atoms with Gasteiger partial charge in [0.2, 0.25) is 5.91 Å². The van der Waals surface area contributed by atoms with Gasteiger partial charge in [-0.05, 0) is 12.8 Å². The Morgan fingerprint density at radius 1 is 0.375 bits per heavy atom. The molecule has 80 heavy (non-hydrogen) atoms. The van der Waals surface area contributed by atoms with E-state index in [1.54, 1.807) is 0 Å². The van der Waals surface area contributed by atoms with Crippen LogP contribution in [0.4, 0.5) is 0 Å². The van der Waals surface area contributed by atoms with Crippen LogP contribution in [0.2, 0.25) is 0 Å². The Balaban J connectivity index is 3.96. The number of rotatable bonds is 69. The highest BCUT2D eigenvalue weighted by atomic mass is 31.2. The van der Waals surface area contributed by atoms with Crippen molar-refractivity contribution >= 4 is 13.7 Å². The van der Waals surface area contributed by atoms with Crippen molar-refractivity contribution < 1.29 is 32.9 Å². The Morgan fingerprint density at radius 2 is 0.600 bits per heavy atom. The predicted octanol–water partition coefficient (Wildman–Crippen LogP) is 23.1. The predicted molar refractivity (Wildman–Crippen MR) is 351 cm³/mol. The molecule has 0 fully saturated rings. The lowest BCUT2D eigenvalue weighted by atomic mass is 10.0. The summed E-state index contributed by atoms with van der Waals surface area (Å²) >= 11 is 0. The van der Waals surface area contributed by atoms with E-state index in [0.717, 1.165) is 38.5 Å². The summed E-state index contributed by atoms with van der Waals surface area (Å²) in [6.45, 7) is 4.97. The largest absolute Gasteiger partial charge is 0.472 e. The van der Waals surface area contributed by atoms with Crippen LogP contribution in [0, 0.1) is 0 Å². The minimum absolute atomic E-state index is 0.0795. The van der Waals surface area contributed by atoms with E-state index >= 15 is 0 Å². The second kappa shape index (κ2) is 63.0. The number of carbonyl (C=O) groups is 1. The van der Waals surface area contributed by atoms with E-state index in [9.17, 15) is 19.4 Å². The minimum atomic E-state index is -4.33. The van der Waals surface area contributed by atoms with Crippen LogP contribution < -0.4 is 5.32 Å². The normalized spacial score (nSPS) is 13.5. The monoisotopic (exact) mass is 1150 g/mol. The summed E-state index contributed by atoms with van der Waals surface area (Å²) in [4.78, 5) is 23.5. The molecule has 0 radical (unpaired) electrons. The van der Waals surface area contributed by atoms with Crippen LogP contribution in [-0.2, 0) is 18.4 Å². The van der Waals surface area contributed by atoms with E-state index in [4.69, 9.17) is 9.05 Å². The summed E-state index contributed by atoms with van der Waals surface area (Å²) in [6.07, 6.45) is 79.3. The molecule has 0 saturated carbocycles. The Kier molecular flexibility index (Phi) is 62.6. The van der Waals surface area contributed by atoms with Crippen LogP contribution >= 0.6 is 7.82 Å². The summed E-state index contributed by atoms with van der Waals surface area (Å²) in [7, 11) is 1.64. The number of phosphoric acid groups is 1. The highest BCUT2D eigenvalue weighted by molar-refractivity contribution is 7.47. The molecule has 0 saturated heterocycles. The molecular weight excluding hydrogens is 1010 g/mol. The molecule has 0 aromatic heterocycles. The van der Waals surface area contributed by atoms with E-state index in [-0.39, 0.29) is 19.1 Å². The van der Waals surface area contributed by atoms with Gasteiger partial charge in [-0.25, -0.2) is 4.57 Å². The third-order valence-corrected chi connectivity index (χ3v) is 18.3. The van der Waals surface area contributed by atoms with Gasteiger partial charge in [0.05, 0.1) is 39.9 Å². The Labute approximate surface area is 501 Å². The Hall–Kier alpha value is -0.500. The molecule has 0 aliphatic carbocycles. The lowest BCUT2D eigenvalue weighted by molar-refractivity contribution is -0.870. The van der Waals surface area contributed by atoms with Gasteiger partial charge in [0.25, 0.3) is 0 Å². The second-order valence-electron chi connectivity index (χ2n) is 26.7. The number of unbranched alkanes of at least 4 members (excludes halogenated alkanes) is 56. The average Bonchev–Trinajstić information content (AvgIpc) is 3.42. The number of carbonyl (C=O) groups excluding carboxylic acids is 1. The standard InChI is InChI=1S/C71H145N2O6P/c1-6-8-10-12-14-16-18-20-22-24-26-28-30-32-34-36-37-38-40-42-44-46-48-50-52-54-56-58-60-62-64-70(74)69(68-79-80(76,77)78-67-66-73(3,4)5)72-71(75)65-63-61-59-57-55-53-51-49-47-45-43-41-39-35-33-31-29-27-25-23-21-19-17-15-13-11-9-7-2/h69-70,74H,6-68H2,1-5H3,(H-,72,75,76,77)/p+1. The van der Waals surface area contributed by atoms with E-state index in [1.807, 2.05) is 21.1 Å². The third-order valence-electron chi connectivity index (χ3n) is 17.4. The topological polar surface area (TPSA) is 105 Å². The van der Waals surface area contributed by atoms with Crippen molar-refractivity contribution in [2.75, 3.05) is 40.9 Å². The van der Waals surface area contributed by atoms with Crippen LogP contribution in [0.1, 0.15) is 399 Å². The molecule has 8 nitrogen and oxygen atoms in total. The quantitative estimate of drug-likeness (QED) is 0.0318. The number of quaternary nitrogens is 1. The molecule has 3 N–H and O–H groups in total. The number of aliphatic hydroxyl groups excluding tert-OH is 1. The number of amides is 1. The Morgan fingerprint density at radius 3 is 0.838 bits per heavy atom. The molecule has 9 heteroatoms. The molecule has 0 rings (SSSR count). The first-order valence-electron chi connectivity index (χ1n) is 36.4. The van der Waals surface area contributed by atoms with Gasteiger partial charge >= 0.3 is 7.82 Å². The lowest BCUT2D eigenvalue weighted by Gasteiger charge is -2.26. The van der Waals surface area contributed by atoms with Gasteiger partial charge in [-0.1, -0.05) is 380 Å². The fourth-order valence-corrected chi connectivity index (χ4v) is 12.4. The maximum atomic E-state index is 13.1. The van der Waals surface area contributed by atoms with Crippen molar-refractivity contribution in [2.24, 2.45) is 0 Å². The van der Waals surface area contributed by atoms with Crippen molar-refractivity contribution in [1.82, 2.24) is 5.32 Å². The molecule has 0 aliphatic heterocycles. The number of likely N-dealkylation sites (N-methyl/N-ethyl adjacent to an activating group) is 1. The molecule has 0 aliphatic rings. The third kappa shape index (κ3) is 65.1. The van der Waals surface area contributed by atoms with Gasteiger partial charge in [-0.3, -0.25) is 13.8 Å². The maximum absolute atomic E-state index is 13.1.